The lowest BCUT2D eigenvalue weighted by Crippen LogP contribution is -2.54. The van der Waals surface area contributed by atoms with Crippen LogP contribution < -0.4 is 10.6 Å². The molecule has 1 amide bonds. The highest BCUT2D eigenvalue weighted by Gasteiger charge is 2.31. The average Bonchev–Trinajstić information content (AvgIpc) is 2.72. The Morgan fingerprint density at radius 1 is 1.21 bits per heavy atom. The third-order valence-corrected chi connectivity index (χ3v) is 4.74. The molecular formula is C20H20F3N3O2. The second-order valence-electron chi connectivity index (χ2n) is 6.50. The minimum atomic E-state index is -4.45. The monoisotopic (exact) mass is 391 g/mol. The topological polar surface area (TPSA) is 61.4 Å². The first kappa shape index (κ1) is 19.9. The van der Waals surface area contributed by atoms with Crippen LogP contribution in [0.5, 0.6) is 0 Å². The van der Waals surface area contributed by atoms with Crippen LogP contribution in [0.25, 0.3) is 11.1 Å². The van der Waals surface area contributed by atoms with Gasteiger partial charge in [-0.05, 0) is 35.4 Å². The maximum atomic E-state index is 13.1. The third-order valence-electron chi connectivity index (χ3n) is 4.74. The molecule has 0 saturated carbocycles. The highest BCUT2D eigenvalue weighted by atomic mass is 19.4. The number of nitrogens with one attached hydrogen (secondary N) is 2. The fourth-order valence-corrected chi connectivity index (χ4v) is 3.25. The van der Waals surface area contributed by atoms with E-state index in [1.54, 1.807) is 31.3 Å². The second kappa shape index (κ2) is 8.02. The highest BCUT2D eigenvalue weighted by Crippen LogP contribution is 2.33. The van der Waals surface area contributed by atoms with E-state index in [4.69, 9.17) is 0 Å². The van der Waals surface area contributed by atoms with E-state index in [0.29, 0.717) is 42.0 Å². The number of piperazine rings is 1. The zero-order valence-corrected chi connectivity index (χ0v) is 15.2. The molecule has 1 fully saturated rings. The molecule has 0 spiro atoms. The SMILES string of the molecule is CNc1ccc(-c2cccc(C(F)(F)F)c2)cc1C(=O)N1CCNCC1C=O. The van der Waals surface area contributed by atoms with Crippen molar-refractivity contribution >= 4 is 17.9 Å². The molecule has 1 aliphatic heterocycles. The number of rotatable bonds is 4. The van der Waals surface area contributed by atoms with E-state index in [-0.39, 0.29) is 5.91 Å². The van der Waals surface area contributed by atoms with Crippen LogP contribution in [0.15, 0.2) is 42.5 Å². The quantitative estimate of drug-likeness (QED) is 0.787. The van der Waals surface area contributed by atoms with E-state index in [2.05, 4.69) is 10.6 Å². The molecule has 0 bridgehead atoms. The third kappa shape index (κ3) is 4.01. The number of alkyl halides is 3. The minimum absolute atomic E-state index is 0.311. The van der Waals surface area contributed by atoms with Crippen molar-refractivity contribution in [1.29, 1.82) is 0 Å². The van der Waals surface area contributed by atoms with Gasteiger partial charge in [0.05, 0.1) is 11.1 Å². The second-order valence-corrected chi connectivity index (χ2v) is 6.50. The molecule has 1 heterocycles. The van der Waals surface area contributed by atoms with Crippen LogP contribution in [0, 0.1) is 0 Å². The van der Waals surface area contributed by atoms with Crippen LogP contribution in [0.1, 0.15) is 15.9 Å². The lowest BCUT2D eigenvalue weighted by molar-refractivity contribution is -0.137. The van der Waals surface area contributed by atoms with Gasteiger partial charge in [0.1, 0.15) is 12.3 Å². The van der Waals surface area contributed by atoms with Crippen molar-refractivity contribution in [2.24, 2.45) is 0 Å². The smallest absolute Gasteiger partial charge is 0.387 e. The summed E-state index contributed by atoms with van der Waals surface area (Å²) in [4.78, 5) is 25.9. The van der Waals surface area contributed by atoms with Crippen LogP contribution in [-0.4, -0.2) is 49.8 Å². The highest BCUT2D eigenvalue weighted by molar-refractivity contribution is 6.02. The molecule has 1 aliphatic rings. The first-order valence-electron chi connectivity index (χ1n) is 8.81. The van der Waals surface area contributed by atoms with Crippen LogP contribution >= 0.6 is 0 Å². The summed E-state index contributed by atoms with van der Waals surface area (Å²) in [5.41, 5.74) is 0.957. The molecule has 1 unspecified atom stereocenters. The summed E-state index contributed by atoms with van der Waals surface area (Å²) >= 11 is 0. The standard InChI is InChI=1S/C20H20F3N3O2/c1-24-18-6-5-14(13-3-2-4-15(9-13)20(21,22)23)10-17(18)19(28)26-8-7-25-11-16(26)12-27/h2-6,9-10,12,16,24-25H,7-8,11H2,1H3. The number of anilines is 1. The normalized spacial score (nSPS) is 17.3. The number of carbonyl (C=O) groups is 2. The summed E-state index contributed by atoms with van der Waals surface area (Å²) in [5.74, 6) is -0.336. The Morgan fingerprint density at radius 3 is 2.64 bits per heavy atom. The first-order chi connectivity index (χ1) is 13.3. The summed E-state index contributed by atoms with van der Waals surface area (Å²) in [7, 11) is 1.66. The van der Waals surface area contributed by atoms with Crippen LogP contribution in [-0.2, 0) is 11.0 Å². The molecule has 0 radical (unpaired) electrons. The van der Waals surface area contributed by atoms with Gasteiger partial charge in [-0.1, -0.05) is 18.2 Å². The maximum absolute atomic E-state index is 13.1. The largest absolute Gasteiger partial charge is 0.416 e. The summed E-state index contributed by atoms with van der Waals surface area (Å²) in [6.45, 7) is 1.31. The van der Waals surface area contributed by atoms with Gasteiger partial charge >= 0.3 is 6.18 Å². The lowest BCUT2D eigenvalue weighted by atomic mass is 9.98. The van der Waals surface area contributed by atoms with Gasteiger partial charge in [-0.25, -0.2) is 0 Å². The number of nitrogens with zero attached hydrogens (tertiary/aromatic N) is 1. The molecule has 148 valence electrons. The van der Waals surface area contributed by atoms with E-state index >= 15 is 0 Å². The number of benzene rings is 2. The Kier molecular flexibility index (Phi) is 5.69. The predicted molar refractivity (Wildman–Crippen MR) is 100 cm³/mol. The fourth-order valence-electron chi connectivity index (χ4n) is 3.25. The summed E-state index contributed by atoms with van der Waals surface area (Å²) in [5, 5.41) is 5.99. The summed E-state index contributed by atoms with van der Waals surface area (Å²) in [6.07, 6.45) is -3.72. The van der Waals surface area contributed by atoms with Crippen molar-refractivity contribution < 1.29 is 22.8 Å². The number of hydrogen-bond acceptors (Lipinski definition) is 4. The van der Waals surface area contributed by atoms with Crippen LogP contribution in [0.4, 0.5) is 18.9 Å². The number of halogens is 3. The molecule has 1 atom stereocenters. The molecule has 2 aromatic carbocycles. The molecule has 0 aromatic heterocycles. The molecule has 0 aliphatic carbocycles. The predicted octanol–water partition coefficient (Wildman–Crippen LogP) is 3.03. The van der Waals surface area contributed by atoms with Gasteiger partial charge < -0.3 is 20.3 Å². The zero-order valence-electron chi connectivity index (χ0n) is 15.2. The number of carbonyl (C=O) groups excluding carboxylic acids is 2. The zero-order chi connectivity index (χ0) is 20.3. The number of hydrogen-bond donors (Lipinski definition) is 2. The Balaban J connectivity index is 2.01. The molecule has 2 aromatic rings. The molecular weight excluding hydrogens is 371 g/mol. The lowest BCUT2D eigenvalue weighted by Gasteiger charge is -2.33. The van der Waals surface area contributed by atoms with Crippen LogP contribution in [0.2, 0.25) is 0 Å². The Labute approximate surface area is 160 Å². The van der Waals surface area contributed by atoms with Gasteiger partial charge in [0.15, 0.2) is 0 Å². The molecule has 28 heavy (non-hydrogen) atoms. The molecule has 3 rings (SSSR count). The van der Waals surface area contributed by atoms with Gasteiger partial charge in [0, 0.05) is 32.4 Å². The van der Waals surface area contributed by atoms with E-state index in [1.165, 1.54) is 11.0 Å². The fraction of sp³-hybridized carbons (Fsp3) is 0.300. The van der Waals surface area contributed by atoms with E-state index in [0.717, 1.165) is 18.4 Å². The molecule has 1 saturated heterocycles. The summed E-state index contributed by atoms with van der Waals surface area (Å²) in [6, 6.07) is 9.26. The van der Waals surface area contributed by atoms with E-state index < -0.39 is 17.8 Å². The maximum Gasteiger partial charge on any atom is 0.416 e. The van der Waals surface area contributed by atoms with Gasteiger partial charge in [0.2, 0.25) is 0 Å². The van der Waals surface area contributed by atoms with E-state index in [1.807, 2.05) is 0 Å². The molecule has 5 nitrogen and oxygen atoms in total. The van der Waals surface area contributed by atoms with Crippen molar-refractivity contribution in [3.63, 3.8) is 0 Å². The molecule has 8 heteroatoms. The number of aldehydes is 1. The Hall–Kier alpha value is -2.87. The van der Waals surface area contributed by atoms with Crippen molar-refractivity contribution in [1.82, 2.24) is 10.2 Å². The van der Waals surface area contributed by atoms with Crippen molar-refractivity contribution in [3.05, 3.63) is 53.6 Å². The van der Waals surface area contributed by atoms with Gasteiger partial charge in [-0.2, -0.15) is 13.2 Å². The Morgan fingerprint density at radius 2 is 1.96 bits per heavy atom. The number of amides is 1. The Bertz CT molecular complexity index is 883. The molecule has 2 N–H and O–H groups in total. The van der Waals surface area contributed by atoms with Crippen molar-refractivity contribution in [2.45, 2.75) is 12.2 Å². The average molecular weight is 391 g/mol. The minimum Gasteiger partial charge on any atom is -0.387 e. The van der Waals surface area contributed by atoms with Crippen molar-refractivity contribution in [2.75, 3.05) is 32.0 Å². The van der Waals surface area contributed by atoms with Gasteiger partial charge in [0.25, 0.3) is 5.91 Å². The van der Waals surface area contributed by atoms with Gasteiger partial charge in [-0.15, -0.1) is 0 Å². The van der Waals surface area contributed by atoms with Crippen molar-refractivity contribution in [3.8, 4) is 11.1 Å². The summed E-state index contributed by atoms with van der Waals surface area (Å²) < 4.78 is 39.1. The van der Waals surface area contributed by atoms with E-state index in [9.17, 15) is 22.8 Å². The van der Waals surface area contributed by atoms with Crippen LogP contribution in [0.3, 0.4) is 0 Å². The van der Waals surface area contributed by atoms with Gasteiger partial charge in [-0.3, -0.25) is 4.79 Å². The first-order valence-corrected chi connectivity index (χ1v) is 8.81.